The summed E-state index contributed by atoms with van der Waals surface area (Å²) in [6, 6.07) is 6.98. The zero-order valence-electron chi connectivity index (χ0n) is 12.0. The molecule has 22 heavy (non-hydrogen) atoms. The molecule has 7 heteroatoms. The average molecular weight is 315 g/mol. The number of nitrogens with zero attached hydrogens (tertiary/aromatic N) is 3. The largest absolute Gasteiger partial charge is 0.452 e. The number of rotatable bonds is 4. The fourth-order valence-corrected chi connectivity index (χ4v) is 2.59. The molecule has 0 amide bonds. The number of esters is 1. The molecule has 0 saturated carbocycles. The second-order valence-electron chi connectivity index (χ2n) is 4.59. The topological polar surface area (TPSA) is 78.1 Å². The summed E-state index contributed by atoms with van der Waals surface area (Å²) in [6.45, 7) is 3.48. The molecule has 0 aliphatic heterocycles. The standard InChI is InChI=1S/C15H13N3O3S/c1-9(14-16-7-8-22-14)20-15(19)12-6-4-3-5-11(12)13-18-17-10(2)21-13/h3-9H,1-2H3/t9-/m1/s1. The summed E-state index contributed by atoms with van der Waals surface area (Å²) in [6.07, 6.45) is 1.27. The molecule has 112 valence electrons. The van der Waals surface area contributed by atoms with E-state index >= 15 is 0 Å². The van der Waals surface area contributed by atoms with Gasteiger partial charge in [-0.1, -0.05) is 12.1 Å². The van der Waals surface area contributed by atoms with Crippen LogP contribution in [0.25, 0.3) is 11.5 Å². The van der Waals surface area contributed by atoms with E-state index in [1.54, 1.807) is 44.3 Å². The monoisotopic (exact) mass is 315 g/mol. The molecule has 1 atom stereocenters. The summed E-state index contributed by atoms with van der Waals surface area (Å²) >= 11 is 1.44. The highest BCUT2D eigenvalue weighted by molar-refractivity contribution is 7.09. The van der Waals surface area contributed by atoms with E-state index in [9.17, 15) is 4.79 Å². The number of carbonyl (C=O) groups is 1. The van der Waals surface area contributed by atoms with Crippen molar-refractivity contribution >= 4 is 17.3 Å². The van der Waals surface area contributed by atoms with Crippen molar-refractivity contribution < 1.29 is 13.9 Å². The first kappa shape index (κ1) is 14.4. The SMILES string of the molecule is Cc1nnc(-c2ccccc2C(=O)O[C@H](C)c2nccs2)o1. The third kappa shape index (κ3) is 2.89. The highest BCUT2D eigenvalue weighted by atomic mass is 32.1. The molecule has 1 aromatic carbocycles. The summed E-state index contributed by atoms with van der Waals surface area (Å²) in [5.74, 6) is 0.287. The summed E-state index contributed by atoms with van der Waals surface area (Å²) < 4.78 is 10.9. The Morgan fingerprint density at radius 1 is 1.32 bits per heavy atom. The second kappa shape index (κ2) is 6.07. The molecule has 0 fully saturated rings. The lowest BCUT2D eigenvalue weighted by Gasteiger charge is -2.12. The number of carbonyl (C=O) groups excluding carboxylic acids is 1. The highest BCUT2D eigenvalue weighted by Crippen LogP contribution is 2.26. The van der Waals surface area contributed by atoms with Gasteiger partial charge in [0.2, 0.25) is 11.8 Å². The first-order valence-electron chi connectivity index (χ1n) is 6.65. The Kier molecular flexibility index (Phi) is 3.97. The Morgan fingerprint density at radius 2 is 2.14 bits per heavy atom. The Labute approximate surface area is 130 Å². The summed E-state index contributed by atoms with van der Waals surface area (Å²) in [4.78, 5) is 16.6. The summed E-state index contributed by atoms with van der Waals surface area (Å²) in [5, 5.41) is 10.3. The Morgan fingerprint density at radius 3 is 2.82 bits per heavy atom. The normalized spacial score (nSPS) is 12.1. The van der Waals surface area contributed by atoms with Crippen LogP contribution in [0.2, 0.25) is 0 Å². The maximum absolute atomic E-state index is 12.4. The predicted octanol–water partition coefficient (Wildman–Crippen LogP) is 3.42. The van der Waals surface area contributed by atoms with Crippen LogP contribution in [0.1, 0.15) is 34.3 Å². The molecule has 3 rings (SSSR count). The fraction of sp³-hybridized carbons (Fsp3) is 0.200. The van der Waals surface area contributed by atoms with Crippen LogP contribution in [-0.4, -0.2) is 21.2 Å². The maximum atomic E-state index is 12.4. The molecule has 6 nitrogen and oxygen atoms in total. The molecule has 3 aromatic rings. The van der Waals surface area contributed by atoms with Crippen LogP contribution in [0.4, 0.5) is 0 Å². The van der Waals surface area contributed by atoms with Crippen LogP contribution >= 0.6 is 11.3 Å². The van der Waals surface area contributed by atoms with Gasteiger partial charge in [0.15, 0.2) is 6.10 Å². The van der Waals surface area contributed by atoms with Gasteiger partial charge in [0, 0.05) is 18.5 Å². The number of thiazole rings is 1. The molecular weight excluding hydrogens is 302 g/mol. The van der Waals surface area contributed by atoms with Gasteiger partial charge >= 0.3 is 5.97 Å². The van der Waals surface area contributed by atoms with Gasteiger partial charge in [0.05, 0.1) is 11.1 Å². The van der Waals surface area contributed by atoms with E-state index in [0.29, 0.717) is 22.9 Å². The van der Waals surface area contributed by atoms with Gasteiger partial charge in [-0.25, -0.2) is 9.78 Å². The summed E-state index contributed by atoms with van der Waals surface area (Å²) in [5.41, 5.74) is 0.939. The molecular formula is C15H13N3O3S. The maximum Gasteiger partial charge on any atom is 0.339 e. The van der Waals surface area contributed by atoms with E-state index in [1.165, 1.54) is 11.3 Å². The van der Waals surface area contributed by atoms with Gasteiger partial charge in [0.25, 0.3) is 0 Å². The number of aromatic nitrogens is 3. The molecule has 0 unspecified atom stereocenters. The van der Waals surface area contributed by atoms with Gasteiger partial charge in [-0.3, -0.25) is 0 Å². The Balaban J connectivity index is 1.87. The van der Waals surface area contributed by atoms with Crippen molar-refractivity contribution in [1.82, 2.24) is 15.2 Å². The molecule has 2 aromatic heterocycles. The molecule has 0 saturated heterocycles. The van der Waals surface area contributed by atoms with Gasteiger partial charge in [-0.15, -0.1) is 21.5 Å². The van der Waals surface area contributed by atoms with Crippen LogP contribution in [-0.2, 0) is 4.74 Å². The summed E-state index contributed by atoms with van der Waals surface area (Å²) in [7, 11) is 0. The van der Waals surface area contributed by atoms with Crippen LogP contribution < -0.4 is 0 Å². The molecule has 0 radical (unpaired) electrons. The minimum atomic E-state index is -0.450. The number of hydrogen-bond acceptors (Lipinski definition) is 7. The molecule has 0 N–H and O–H groups in total. The Bertz CT molecular complexity index is 783. The molecule has 0 aliphatic rings. The van der Waals surface area contributed by atoms with Crippen LogP contribution in [0.5, 0.6) is 0 Å². The number of aryl methyl sites for hydroxylation is 1. The number of hydrogen-bond donors (Lipinski definition) is 0. The highest BCUT2D eigenvalue weighted by Gasteiger charge is 2.21. The zero-order valence-corrected chi connectivity index (χ0v) is 12.8. The van der Waals surface area contributed by atoms with Crippen LogP contribution in [0.15, 0.2) is 40.3 Å². The fourth-order valence-electron chi connectivity index (χ4n) is 1.96. The van der Waals surface area contributed by atoms with Crippen LogP contribution in [0, 0.1) is 6.92 Å². The van der Waals surface area contributed by atoms with E-state index in [0.717, 1.165) is 5.01 Å². The lowest BCUT2D eigenvalue weighted by atomic mass is 10.1. The predicted molar refractivity (Wildman–Crippen MR) is 80.4 cm³/mol. The third-order valence-electron chi connectivity index (χ3n) is 2.99. The van der Waals surface area contributed by atoms with E-state index < -0.39 is 12.1 Å². The molecule has 0 bridgehead atoms. The Hall–Kier alpha value is -2.54. The molecule has 2 heterocycles. The van der Waals surface area contributed by atoms with Gasteiger partial charge in [0.1, 0.15) is 5.01 Å². The van der Waals surface area contributed by atoms with E-state index in [2.05, 4.69) is 15.2 Å². The van der Waals surface area contributed by atoms with Crippen molar-refractivity contribution in [2.75, 3.05) is 0 Å². The smallest absolute Gasteiger partial charge is 0.339 e. The van der Waals surface area contributed by atoms with E-state index in [4.69, 9.17) is 9.15 Å². The van der Waals surface area contributed by atoms with Gasteiger partial charge in [-0.2, -0.15) is 0 Å². The van der Waals surface area contributed by atoms with Crippen molar-refractivity contribution in [3.05, 3.63) is 52.3 Å². The van der Waals surface area contributed by atoms with Crippen molar-refractivity contribution in [3.63, 3.8) is 0 Å². The average Bonchev–Trinajstić information content (AvgIpc) is 3.18. The van der Waals surface area contributed by atoms with E-state index in [1.807, 2.05) is 5.38 Å². The third-order valence-corrected chi connectivity index (χ3v) is 3.92. The van der Waals surface area contributed by atoms with Crippen LogP contribution in [0.3, 0.4) is 0 Å². The first-order chi connectivity index (χ1) is 10.6. The number of benzene rings is 1. The lowest BCUT2D eigenvalue weighted by molar-refractivity contribution is 0.0338. The lowest BCUT2D eigenvalue weighted by Crippen LogP contribution is -2.10. The van der Waals surface area contributed by atoms with Crippen molar-refractivity contribution in [2.24, 2.45) is 0 Å². The van der Waals surface area contributed by atoms with Crippen molar-refractivity contribution in [1.29, 1.82) is 0 Å². The van der Waals surface area contributed by atoms with E-state index in [-0.39, 0.29) is 0 Å². The minimum Gasteiger partial charge on any atom is -0.452 e. The molecule has 0 aliphatic carbocycles. The zero-order chi connectivity index (χ0) is 15.5. The van der Waals surface area contributed by atoms with Crippen molar-refractivity contribution in [3.8, 4) is 11.5 Å². The second-order valence-corrected chi connectivity index (χ2v) is 5.52. The van der Waals surface area contributed by atoms with Gasteiger partial charge < -0.3 is 9.15 Å². The van der Waals surface area contributed by atoms with Crippen molar-refractivity contribution in [2.45, 2.75) is 20.0 Å². The quantitative estimate of drug-likeness (QED) is 0.686. The number of ether oxygens (including phenoxy) is 1. The minimum absolute atomic E-state index is 0.298. The first-order valence-corrected chi connectivity index (χ1v) is 7.53. The molecule has 0 spiro atoms. The van der Waals surface area contributed by atoms with Gasteiger partial charge in [-0.05, 0) is 19.1 Å².